The molecule has 0 saturated heterocycles. The molecular formula is C6H10S. The average Bonchev–Trinajstić information content (AvgIpc) is 1.68. The third-order valence-corrected chi connectivity index (χ3v) is 1.53. The predicted molar refractivity (Wildman–Crippen MR) is 36.4 cm³/mol. The predicted octanol–water partition coefficient (Wildman–Crippen LogP) is 1.76. The van der Waals surface area contributed by atoms with Crippen LogP contribution in [0.25, 0.3) is 0 Å². The Balaban J connectivity index is 3.29. The van der Waals surface area contributed by atoms with Crippen molar-refractivity contribution < 1.29 is 0 Å². The molecule has 0 aliphatic rings. The summed E-state index contributed by atoms with van der Waals surface area (Å²) in [6, 6.07) is 0. The van der Waals surface area contributed by atoms with Crippen LogP contribution >= 0.6 is 11.8 Å². The molecule has 0 aromatic rings. The fraction of sp³-hybridized carbons (Fsp3) is 0.667. The van der Waals surface area contributed by atoms with Crippen LogP contribution in [0.3, 0.4) is 0 Å². The van der Waals surface area contributed by atoms with E-state index in [9.17, 15) is 0 Å². The van der Waals surface area contributed by atoms with Crippen molar-refractivity contribution in [2.24, 2.45) is 0 Å². The van der Waals surface area contributed by atoms with Gasteiger partial charge in [0.25, 0.3) is 0 Å². The zero-order valence-electron chi connectivity index (χ0n) is 4.99. The SMILES string of the molecule is CC#CC(C)SC. The van der Waals surface area contributed by atoms with Gasteiger partial charge in [0, 0.05) is 0 Å². The Labute approximate surface area is 49.7 Å². The summed E-state index contributed by atoms with van der Waals surface area (Å²) >= 11 is 1.78. The van der Waals surface area contributed by atoms with Crippen molar-refractivity contribution in [3.8, 4) is 11.8 Å². The summed E-state index contributed by atoms with van der Waals surface area (Å²) in [5.74, 6) is 5.86. The lowest BCUT2D eigenvalue weighted by atomic mass is 10.5. The molecule has 0 bridgehead atoms. The molecule has 0 amide bonds. The Morgan fingerprint density at radius 2 is 2.14 bits per heavy atom. The van der Waals surface area contributed by atoms with Gasteiger partial charge in [-0.3, -0.25) is 0 Å². The zero-order valence-corrected chi connectivity index (χ0v) is 5.80. The molecule has 1 unspecified atom stereocenters. The molecule has 1 heteroatoms. The summed E-state index contributed by atoms with van der Waals surface area (Å²) in [5.41, 5.74) is 0. The topological polar surface area (TPSA) is 0 Å². The fourth-order valence-electron chi connectivity index (χ4n) is 0.262. The Morgan fingerprint density at radius 1 is 1.57 bits per heavy atom. The van der Waals surface area contributed by atoms with Crippen LogP contribution < -0.4 is 0 Å². The molecule has 0 heterocycles. The highest BCUT2D eigenvalue weighted by atomic mass is 32.2. The van der Waals surface area contributed by atoms with Crippen molar-refractivity contribution in [2.75, 3.05) is 6.26 Å². The fourth-order valence-corrected chi connectivity index (χ4v) is 0.498. The Morgan fingerprint density at radius 3 is 2.29 bits per heavy atom. The number of thioether (sulfide) groups is 1. The van der Waals surface area contributed by atoms with Crippen molar-refractivity contribution in [1.82, 2.24) is 0 Å². The number of hydrogen-bond acceptors (Lipinski definition) is 1. The van der Waals surface area contributed by atoms with E-state index in [1.807, 2.05) is 6.92 Å². The van der Waals surface area contributed by atoms with Crippen LogP contribution in [0.1, 0.15) is 13.8 Å². The summed E-state index contributed by atoms with van der Waals surface area (Å²) in [6.45, 7) is 3.97. The molecule has 0 N–H and O–H groups in total. The quantitative estimate of drug-likeness (QED) is 0.468. The van der Waals surface area contributed by atoms with Crippen LogP contribution in [-0.4, -0.2) is 11.5 Å². The highest BCUT2D eigenvalue weighted by molar-refractivity contribution is 7.99. The van der Waals surface area contributed by atoms with E-state index < -0.39 is 0 Å². The lowest BCUT2D eigenvalue weighted by molar-refractivity contribution is 1.30. The molecule has 0 nitrogen and oxygen atoms in total. The summed E-state index contributed by atoms with van der Waals surface area (Å²) in [7, 11) is 0. The molecule has 7 heavy (non-hydrogen) atoms. The Bertz CT molecular complexity index is 86.1. The van der Waals surface area contributed by atoms with Crippen LogP contribution in [-0.2, 0) is 0 Å². The molecule has 40 valence electrons. The highest BCUT2D eigenvalue weighted by Gasteiger charge is 1.86. The molecule has 0 aliphatic heterocycles. The smallest absolute Gasteiger partial charge is 0.0626 e. The van der Waals surface area contributed by atoms with Crippen molar-refractivity contribution in [1.29, 1.82) is 0 Å². The van der Waals surface area contributed by atoms with Gasteiger partial charge in [0.05, 0.1) is 5.25 Å². The zero-order chi connectivity index (χ0) is 5.70. The molecule has 0 saturated carbocycles. The van der Waals surface area contributed by atoms with E-state index in [1.54, 1.807) is 11.8 Å². The average molecular weight is 114 g/mol. The van der Waals surface area contributed by atoms with Crippen molar-refractivity contribution in [3.63, 3.8) is 0 Å². The van der Waals surface area contributed by atoms with Gasteiger partial charge in [0.1, 0.15) is 0 Å². The van der Waals surface area contributed by atoms with E-state index in [1.165, 1.54) is 0 Å². The van der Waals surface area contributed by atoms with Crippen LogP contribution in [0.2, 0.25) is 0 Å². The van der Waals surface area contributed by atoms with E-state index in [-0.39, 0.29) is 0 Å². The maximum atomic E-state index is 3.01. The van der Waals surface area contributed by atoms with E-state index in [0.29, 0.717) is 5.25 Å². The summed E-state index contributed by atoms with van der Waals surface area (Å²) in [6.07, 6.45) is 2.06. The molecule has 0 rings (SSSR count). The van der Waals surface area contributed by atoms with Gasteiger partial charge < -0.3 is 0 Å². The lowest BCUT2D eigenvalue weighted by Crippen LogP contribution is -1.85. The minimum absolute atomic E-state index is 0.505. The molecule has 1 atom stereocenters. The van der Waals surface area contributed by atoms with Gasteiger partial charge in [0.2, 0.25) is 0 Å². The van der Waals surface area contributed by atoms with Gasteiger partial charge in [-0.1, -0.05) is 5.92 Å². The molecule has 0 aromatic heterocycles. The standard InChI is InChI=1S/C6H10S/c1-4-5-6(2)7-3/h6H,1-3H3. The molecule has 0 aromatic carbocycles. The molecule has 0 radical (unpaired) electrons. The molecule has 0 fully saturated rings. The molecule has 0 spiro atoms. The maximum Gasteiger partial charge on any atom is 0.0626 e. The van der Waals surface area contributed by atoms with Gasteiger partial charge in [-0.15, -0.1) is 17.7 Å². The first-order chi connectivity index (χ1) is 3.31. The first-order valence-electron chi connectivity index (χ1n) is 2.26. The monoisotopic (exact) mass is 114 g/mol. The van der Waals surface area contributed by atoms with Crippen LogP contribution in [0.4, 0.5) is 0 Å². The first kappa shape index (κ1) is 6.91. The molecular weight excluding hydrogens is 104 g/mol. The Hall–Kier alpha value is -0.0900. The van der Waals surface area contributed by atoms with Gasteiger partial charge in [-0.05, 0) is 20.1 Å². The van der Waals surface area contributed by atoms with Crippen molar-refractivity contribution in [3.05, 3.63) is 0 Å². The Kier molecular flexibility index (Phi) is 4.03. The third-order valence-electron chi connectivity index (χ3n) is 0.701. The second-order valence-corrected chi connectivity index (χ2v) is 2.45. The minimum Gasteiger partial charge on any atom is -0.149 e. The normalized spacial score (nSPS) is 11.9. The summed E-state index contributed by atoms with van der Waals surface area (Å²) in [4.78, 5) is 0. The number of rotatable bonds is 1. The van der Waals surface area contributed by atoms with Gasteiger partial charge in [-0.25, -0.2) is 0 Å². The largest absolute Gasteiger partial charge is 0.149 e. The van der Waals surface area contributed by atoms with Crippen molar-refractivity contribution in [2.45, 2.75) is 19.1 Å². The van der Waals surface area contributed by atoms with Crippen molar-refractivity contribution >= 4 is 11.8 Å². The van der Waals surface area contributed by atoms with Crippen LogP contribution in [0.5, 0.6) is 0 Å². The maximum absolute atomic E-state index is 3.01. The number of hydrogen-bond donors (Lipinski definition) is 0. The van der Waals surface area contributed by atoms with E-state index in [4.69, 9.17) is 0 Å². The summed E-state index contributed by atoms with van der Waals surface area (Å²) < 4.78 is 0. The van der Waals surface area contributed by atoms with Gasteiger partial charge in [-0.2, -0.15) is 0 Å². The first-order valence-corrected chi connectivity index (χ1v) is 3.55. The van der Waals surface area contributed by atoms with Gasteiger partial charge in [0.15, 0.2) is 0 Å². The second kappa shape index (κ2) is 4.08. The minimum atomic E-state index is 0.505. The van der Waals surface area contributed by atoms with Gasteiger partial charge >= 0.3 is 0 Å². The third kappa shape index (κ3) is 3.75. The second-order valence-electron chi connectivity index (χ2n) is 1.27. The molecule has 0 aliphatic carbocycles. The van der Waals surface area contributed by atoms with Crippen LogP contribution in [0.15, 0.2) is 0 Å². The van der Waals surface area contributed by atoms with E-state index >= 15 is 0 Å². The van der Waals surface area contributed by atoms with E-state index in [2.05, 4.69) is 25.0 Å². The summed E-state index contributed by atoms with van der Waals surface area (Å²) in [5, 5.41) is 0.505. The lowest BCUT2D eigenvalue weighted by Gasteiger charge is -1.91. The van der Waals surface area contributed by atoms with Crippen LogP contribution in [0, 0.1) is 11.8 Å². The highest BCUT2D eigenvalue weighted by Crippen LogP contribution is 2.01. The van der Waals surface area contributed by atoms with E-state index in [0.717, 1.165) is 0 Å².